The van der Waals surface area contributed by atoms with E-state index in [4.69, 9.17) is 22.1 Å². The minimum Gasteiger partial charge on any atom is -0.385 e. The van der Waals surface area contributed by atoms with Gasteiger partial charge in [-0.25, -0.2) is 4.79 Å². The summed E-state index contributed by atoms with van der Waals surface area (Å²) >= 11 is 6.28. The molecule has 3 atom stereocenters. The molecule has 1 aliphatic heterocycles. The van der Waals surface area contributed by atoms with Gasteiger partial charge in [-0.15, -0.1) is 0 Å². The highest BCUT2D eigenvalue weighted by Gasteiger charge is 2.41. The normalized spacial score (nSPS) is 22.2. The van der Waals surface area contributed by atoms with Crippen LogP contribution in [-0.4, -0.2) is 55.4 Å². The number of urea groups is 1. The number of likely N-dealkylation sites (tertiary alicyclic amines) is 1. The van der Waals surface area contributed by atoms with E-state index < -0.39 is 5.60 Å². The van der Waals surface area contributed by atoms with E-state index >= 15 is 0 Å². The standard InChI is InChI=1S/C27H44ClN3O3/c1-34-16-6-5-14-27(33,22-11-7-13-24(28)18-22)23-12-8-15-31(20-23)26(32)30-19-25(29)17-21-9-3-2-4-10-21/h7,11,13,18,21,23,25,33H,2-6,8-10,12,14-17,19-20,29H2,1H3,(H,30,32)/t23?,25?,27-/m1/s1. The fourth-order valence-electron chi connectivity index (χ4n) is 5.80. The number of nitrogens with one attached hydrogen (secondary N) is 1. The molecule has 2 amide bonds. The van der Waals surface area contributed by atoms with Gasteiger partial charge in [-0.05, 0) is 62.1 Å². The Bertz CT molecular complexity index is 758. The van der Waals surface area contributed by atoms with E-state index in [0.29, 0.717) is 43.6 Å². The number of nitrogens with zero attached hydrogens (tertiary/aromatic N) is 1. The highest BCUT2D eigenvalue weighted by atomic mass is 35.5. The fraction of sp³-hybridized carbons (Fsp3) is 0.741. The van der Waals surface area contributed by atoms with Crippen LogP contribution in [0, 0.1) is 11.8 Å². The predicted molar refractivity (Wildman–Crippen MR) is 138 cm³/mol. The number of unbranched alkanes of at least 4 members (excludes halogenated alkanes) is 1. The number of rotatable bonds is 11. The highest BCUT2D eigenvalue weighted by Crippen LogP contribution is 2.40. The molecule has 0 spiro atoms. The summed E-state index contributed by atoms with van der Waals surface area (Å²) < 4.78 is 5.20. The van der Waals surface area contributed by atoms with Gasteiger partial charge in [0.1, 0.15) is 0 Å². The van der Waals surface area contributed by atoms with Crippen molar-refractivity contribution in [3.05, 3.63) is 34.9 Å². The SMILES string of the molecule is COCCCC[C@@](O)(c1cccc(Cl)c1)C1CCCN(C(=O)NCC(N)CC2CCCCC2)C1. The number of hydrogen-bond donors (Lipinski definition) is 3. The number of carbonyl (C=O) groups excluding carboxylic acids is 1. The molecule has 2 unspecified atom stereocenters. The van der Waals surface area contributed by atoms with Crippen LogP contribution in [0.1, 0.15) is 76.2 Å². The quantitative estimate of drug-likeness (QED) is 0.376. The Labute approximate surface area is 210 Å². The molecule has 1 aromatic carbocycles. The Balaban J connectivity index is 1.59. The fourth-order valence-corrected chi connectivity index (χ4v) is 5.99. The second-order valence-corrected chi connectivity index (χ2v) is 10.8. The van der Waals surface area contributed by atoms with Gasteiger partial charge in [0.2, 0.25) is 0 Å². The lowest BCUT2D eigenvalue weighted by Gasteiger charge is -2.43. The number of methoxy groups -OCH3 is 1. The van der Waals surface area contributed by atoms with Crippen molar-refractivity contribution in [2.75, 3.05) is 33.4 Å². The third-order valence-corrected chi connectivity index (χ3v) is 7.98. The topological polar surface area (TPSA) is 87.8 Å². The second-order valence-electron chi connectivity index (χ2n) is 10.4. The summed E-state index contributed by atoms with van der Waals surface area (Å²) in [5, 5.41) is 15.6. The van der Waals surface area contributed by atoms with Crippen molar-refractivity contribution in [1.29, 1.82) is 0 Å². The van der Waals surface area contributed by atoms with E-state index in [9.17, 15) is 9.90 Å². The van der Waals surface area contributed by atoms with Crippen molar-refractivity contribution in [1.82, 2.24) is 10.2 Å². The van der Waals surface area contributed by atoms with E-state index in [0.717, 1.165) is 37.7 Å². The van der Waals surface area contributed by atoms with Gasteiger partial charge in [0.25, 0.3) is 0 Å². The summed E-state index contributed by atoms with van der Waals surface area (Å²) in [6, 6.07) is 7.45. The van der Waals surface area contributed by atoms with Gasteiger partial charge >= 0.3 is 6.03 Å². The lowest BCUT2D eigenvalue weighted by molar-refractivity contribution is -0.0563. The van der Waals surface area contributed by atoms with Crippen molar-refractivity contribution >= 4 is 17.6 Å². The summed E-state index contributed by atoms with van der Waals surface area (Å²) in [7, 11) is 1.70. The average Bonchev–Trinajstić information content (AvgIpc) is 2.86. The van der Waals surface area contributed by atoms with E-state index in [2.05, 4.69) is 5.32 Å². The van der Waals surface area contributed by atoms with Gasteiger partial charge in [-0.1, -0.05) is 55.8 Å². The van der Waals surface area contributed by atoms with Crippen molar-refractivity contribution < 1.29 is 14.6 Å². The largest absolute Gasteiger partial charge is 0.385 e. The first-order valence-corrected chi connectivity index (χ1v) is 13.6. The summed E-state index contributed by atoms with van der Waals surface area (Å²) in [5.74, 6) is 0.648. The molecule has 1 aliphatic carbocycles. The number of aliphatic hydroxyl groups is 1. The van der Waals surface area contributed by atoms with Crippen LogP contribution in [0.15, 0.2) is 24.3 Å². The summed E-state index contributed by atoms with van der Waals surface area (Å²) in [6.07, 6.45) is 11.5. The summed E-state index contributed by atoms with van der Waals surface area (Å²) in [5.41, 5.74) is 6.15. The van der Waals surface area contributed by atoms with E-state index in [1.165, 1.54) is 32.1 Å². The Morgan fingerprint density at radius 2 is 2.06 bits per heavy atom. The number of amides is 2. The zero-order valence-corrected chi connectivity index (χ0v) is 21.6. The first kappa shape index (κ1) is 27.3. The molecule has 1 saturated carbocycles. The maximum Gasteiger partial charge on any atom is 0.317 e. The minimum absolute atomic E-state index is 0.00295. The molecule has 2 fully saturated rings. The van der Waals surface area contributed by atoms with Crippen LogP contribution in [0.5, 0.6) is 0 Å². The maximum absolute atomic E-state index is 13.0. The van der Waals surface area contributed by atoms with Gasteiger partial charge in [-0.2, -0.15) is 0 Å². The van der Waals surface area contributed by atoms with E-state index in [1.807, 2.05) is 29.2 Å². The molecule has 2 aliphatic rings. The third-order valence-electron chi connectivity index (χ3n) is 7.74. The molecular weight excluding hydrogens is 450 g/mol. The zero-order chi connectivity index (χ0) is 24.4. The Kier molecular flexibility index (Phi) is 11.0. The molecule has 34 heavy (non-hydrogen) atoms. The Hall–Kier alpha value is -1.34. The minimum atomic E-state index is -1.03. The molecule has 1 saturated heterocycles. The van der Waals surface area contributed by atoms with Gasteiger partial charge in [0.15, 0.2) is 0 Å². The molecule has 6 nitrogen and oxygen atoms in total. The number of piperidine rings is 1. The van der Waals surface area contributed by atoms with Gasteiger partial charge in [0, 0.05) is 50.3 Å². The lowest BCUT2D eigenvalue weighted by atomic mass is 9.74. The van der Waals surface area contributed by atoms with Crippen LogP contribution in [0.4, 0.5) is 4.79 Å². The van der Waals surface area contributed by atoms with Crippen molar-refractivity contribution in [2.45, 2.75) is 82.3 Å². The molecule has 0 aromatic heterocycles. The van der Waals surface area contributed by atoms with Crippen molar-refractivity contribution in [3.63, 3.8) is 0 Å². The highest BCUT2D eigenvalue weighted by molar-refractivity contribution is 6.30. The van der Waals surface area contributed by atoms with Crippen LogP contribution >= 0.6 is 11.6 Å². The molecule has 7 heteroatoms. The molecule has 1 heterocycles. The van der Waals surface area contributed by atoms with Crippen molar-refractivity contribution in [3.8, 4) is 0 Å². The molecule has 4 N–H and O–H groups in total. The molecule has 1 aromatic rings. The van der Waals surface area contributed by atoms with Gasteiger partial charge < -0.3 is 25.8 Å². The lowest BCUT2D eigenvalue weighted by Crippen LogP contribution is -2.52. The number of ether oxygens (including phenoxy) is 1. The Morgan fingerprint density at radius 3 is 2.79 bits per heavy atom. The summed E-state index contributed by atoms with van der Waals surface area (Å²) in [6.45, 7) is 2.41. The zero-order valence-electron chi connectivity index (χ0n) is 20.8. The first-order chi connectivity index (χ1) is 16.4. The molecule has 0 bridgehead atoms. The number of hydrogen-bond acceptors (Lipinski definition) is 4. The van der Waals surface area contributed by atoms with Crippen molar-refractivity contribution in [2.24, 2.45) is 17.6 Å². The number of nitrogens with two attached hydrogens (primary N) is 1. The smallest absolute Gasteiger partial charge is 0.317 e. The average molecular weight is 494 g/mol. The molecule has 3 rings (SSSR count). The van der Waals surface area contributed by atoms with Gasteiger partial charge in [-0.3, -0.25) is 0 Å². The summed E-state index contributed by atoms with van der Waals surface area (Å²) in [4.78, 5) is 14.9. The number of carbonyl (C=O) groups is 1. The van der Waals surface area contributed by atoms with Crippen LogP contribution in [0.25, 0.3) is 0 Å². The van der Waals surface area contributed by atoms with Crippen LogP contribution < -0.4 is 11.1 Å². The first-order valence-electron chi connectivity index (χ1n) is 13.2. The Morgan fingerprint density at radius 1 is 1.26 bits per heavy atom. The molecular formula is C27H44ClN3O3. The van der Waals surface area contributed by atoms with Crippen LogP contribution in [-0.2, 0) is 10.3 Å². The molecule has 0 radical (unpaired) electrons. The number of halogens is 1. The maximum atomic E-state index is 13.0. The monoisotopic (exact) mass is 493 g/mol. The molecule has 192 valence electrons. The van der Waals surface area contributed by atoms with Gasteiger partial charge in [0.05, 0.1) is 5.60 Å². The van der Waals surface area contributed by atoms with E-state index in [1.54, 1.807) is 7.11 Å². The number of benzene rings is 1. The predicted octanol–water partition coefficient (Wildman–Crippen LogP) is 5.06. The second kappa shape index (κ2) is 13.7. The van der Waals surface area contributed by atoms with Crippen LogP contribution in [0.3, 0.4) is 0 Å². The third kappa shape index (κ3) is 7.84. The van der Waals surface area contributed by atoms with Crippen LogP contribution in [0.2, 0.25) is 5.02 Å². The van der Waals surface area contributed by atoms with E-state index in [-0.39, 0.29) is 18.0 Å².